The molecule has 190 valence electrons. The molecular formula is C27H27FN6O2S. The summed E-state index contributed by atoms with van der Waals surface area (Å²) in [5.74, 6) is -1.35. The molecule has 0 spiro atoms. The van der Waals surface area contributed by atoms with Gasteiger partial charge in [0.15, 0.2) is 5.01 Å². The van der Waals surface area contributed by atoms with Crippen LogP contribution in [-0.4, -0.2) is 81.4 Å². The lowest BCUT2D eigenvalue weighted by Crippen LogP contribution is -2.63. The van der Waals surface area contributed by atoms with Gasteiger partial charge in [0, 0.05) is 80.7 Å². The highest BCUT2D eigenvalue weighted by molar-refractivity contribution is 7.11. The summed E-state index contributed by atoms with van der Waals surface area (Å²) < 4.78 is 15.8. The van der Waals surface area contributed by atoms with Crippen LogP contribution in [0.15, 0.2) is 60.2 Å². The number of hydrogen-bond acceptors (Lipinski definition) is 6. The zero-order chi connectivity index (χ0) is 25.5. The number of amides is 2. The van der Waals surface area contributed by atoms with Crippen LogP contribution in [0, 0.1) is 5.82 Å². The van der Waals surface area contributed by atoms with E-state index in [-0.39, 0.29) is 11.5 Å². The first kappa shape index (κ1) is 23.8. The van der Waals surface area contributed by atoms with Gasteiger partial charge < -0.3 is 15.2 Å². The van der Waals surface area contributed by atoms with Crippen molar-refractivity contribution in [1.82, 2.24) is 24.3 Å². The normalized spacial score (nSPS) is 17.3. The molecule has 2 aromatic carbocycles. The Kier molecular flexibility index (Phi) is 6.23. The van der Waals surface area contributed by atoms with Gasteiger partial charge in [0.25, 0.3) is 11.8 Å². The van der Waals surface area contributed by atoms with Crippen LogP contribution in [0.2, 0.25) is 0 Å². The molecule has 0 unspecified atom stereocenters. The van der Waals surface area contributed by atoms with E-state index in [1.807, 2.05) is 27.1 Å². The summed E-state index contributed by atoms with van der Waals surface area (Å²) in [6, 6.07) is 13.3. The van der Waals surface area contributed by atoms with Crippen LogP contribution in [-0.2, 0) is 6.54 Å². The van der Waals surface area contributed by atoms with Crippen molar-refractivity contribution in [1.29, 1.82) is 0 Å². The molecule has 2 aromatic heterocycles. The number of fused-ring (bicyclic) bond motifs is 1. The maximum Gasteiger partial charge on any atom is 0.282 e. The Hall–Kier alpha value is -3.60. The van der Waals surface area contributed by atoms with E-state index in [1.54, 1.807) is 12.3 Å². The van der Waals surface area contributed by atoms with E-state index >= 15 is 0 Å². The van der Waals surface area contributed by atoms with Crippen LogP contribution in [0.25, 0.3) is 16.6 Å². The number of benzene rings is 2. The van der Waals surface area contributed by atoms with Crippen molar-refractivity contribution >= 4 is 34.1 Å². The molecule has 6 rings (SSSR count). The van der Waals surface area contributed by atoms with Crippen molar-refractivity contribution in [2.75, 3.05) is 39.3 Å². The fourth-order valence-corrected chi connectivity index (χ4v) is 5.89. The number of carbonyl (C=O) groups is 2. The molecule has 0 aliphatic carbocycles. The number of likely N-dealkylation sites (tertiary alicyclic amines) is 1. The maximum atomic E-state index is 13.9. The Morgan fingerprint density at radius 3 is 2.59 bits per heavy atom. The Bertz CT molecular complexity index is 1460. The highest BCUT2D eigenvalue weighted by Gasteiger charge is 2.34. The number of nitrogens with zero attached hydrogens (tertiary/aromatic N) is 5. The van der Waals surface area contributed by atoms with Gasteiger partial charge in [-0.15, -0.1) is 11.3 Å². The third-order valence-corrected chi connectivity index (χ3v) is 8.09. The van der Waals surface area contributed by atoms with Crippen molar-refractivity contribution in [3.63, 3.8) is 0 Å². The number of piperazine rings is 1. The number of halogens is 1. The largest absolute Gasteiger partial charge is 0.366 e. The van der Waals surface area contributed by atoms with E-state index in [0.29, 0.717) is 16.7 Å². The lowest BCUT2D eigenvalue weighted by Gasteiger charge is -2.48. The predicted octanol–water partition coefficient (Wildman–Crippen LogP) is 2.97. The molecule has 8 nitrogen and oxygen atoms in total. The van der Waals surface area contributed by atoms with Crippen molar-refractivity contribution in [3.05, 3.63) is 82.2 Å². The average Bonchev–Trinajstić information content (AvgIpc) is 3.56. The molecule has 4 heterocycles. The number of primary amides is 1. The second kappa shape index (κ2) is 9.70. The van der Waals surface area contributed by atoms with Gasteiger partial charge in [-0.1, -0.05) is 6.07 Å². The molecule has 0 atom stereocenters. The van der Waals surface area contributed by atoms with Gasteiger partial charge in [-0.25, -0.2) is 9.37 Å². The van der Waals surface area contributed by atoms with Crippen LogP contribution in [0.3, 0.4) is 0 Å². The summed E-state index contributed by atoms with van der Waals surface area (Å²) in [6.07, 6.45) is 3.60. The van der Waals surface area contributed by atoms with E-state index in [0.717, 1.165) is 56.7 Å². The van der Waals surface area contributed by atoms with Crippen LogP contribution in [0.4, 0.5) is 4.39 Å². The van der Waals surface area contributed by atoms with Gasteiger partial charge in [0.1, 0.15) is 5.82 Å². The summed E-state index contributed by atoms with van der Waals surface area (Å²) in [7, 11) is 0. The fraction of sp³-hybridized carbons (Fsp3) is 0.296. The standard InChI is InChI=1S/C27H27FN6O2S/c28-23-3-2-20(14-22(23)25(29)35)34-7-5-19-13-18(1-4-24(19)34)15-31-16-21(17-31)32-8-10-33(11-9-32)27(36)26-30-6-12-37-26/h1-7,12-14,21H,8-11,15-17H2,(H2,29,35). The first-order valence-electron chi connectivity index (χ1n) is 12.3. The molecule has 4 aromatic rings. The molecular weight excluding hydrogens is 491 g/mol. The van der Waals surface area contributed by atoms with Crippen molar-refractivity contribution in [2.45, 2.75) is 12.6 Å². The number of aromatic nitrogens is 2. The van der Waals surface area contributed by atoms with Gasteiger partial charge in [-0.05, 0) is 42.0 Å². The smallest absolute Gasteiger partial charge is 0.282 e. The quantitative estimate of drug-likeness (QED) is 0.424. The molecule has 0 radical (unpaired) electrons. The third-order valence-electron chi connectivity index (χ3n) is 7.33. The Morgan fingerprint density at radius 1 is 1.05 bits per heavy atom. The molecule has 0 saturated carbocycles. The Morgan fingerprint density at radius 2 is 1.86 bits per heavy atom. The highest BCUT2D eigenvalue weighted by Crippen LogP contribution is 2.26. The van der Waals surface area contributed by atoms with E-state index in [9.17, 15) is 14.0 Å². The number of hydrogen-bond donors (Lipinski definition) is 1. The first-order valence-corrected chi connectivity index (χ1v) is 13.2. The van der Waals surface area contributed by atoms with E-state index < -0.39 is 11.7 Å². The minimum Gasteiger partial charge on any atom is -0.366 e. The fourth-order valence-electron chi connectivity index (χ4n) is 5.28. The number of carbonyl (C=O) groups excluding carboxylic acids is 2. The zero-order valence-corrected chi connectivity index (χ0v) is 21.0. The van der Waals surface area contributed by atoms with Gasteiger partial charge in [-0.3, -0.25) is 19.4 Å². The second-order valence-corrected chi connectivity index (χ2v) is 10.5. The lowest BCUT2D eigenvalue weighted by atomic mass is 10.0. The van der Waals surface area contributed by atoms with E-state index in [4.69, 9.17) is 5.73 Å². The number of thiazole rings is 1. The molecule has 2 N–H and O–H groups in total. The monoisotopic (exact) mass is 518 g/mol. The average molecular weight is 519 g/mol. The zero-order valence-electron chi connectivity index (χ0n) is 20.2. The van der Waals surface area contributed by atoms with Crippen LogP contribution < -0.4 is 5.73 Å². The molecule has 10 heteroatoms. The molecule has 37 heavy (non-hydrogen) atoms. The molecule has 2 amide bonds. The lowest BCUT2D eigenvalue weighted by molar-refractivity contribution is 0.00259. The molecule has 2 fully saturated rings. The van der Waals surface area contributed by atoms with Crippen molar-refractivity contribution in [2.24, 2.45) is 5.73 Å². The van der Waals surface area contributed by atoms with Gasteiger partial charge in [0.2, 0.25) is 0 Å². The van der Waals surface area contributed by atoms with Crippen LogP contribution >= 0.6 is 11.3 Å². The third kappa shape index (κ3) is 4.63. The Labute approximate surface area is 217 Å². The minimum atomic E-state index is -0.781. The second-order valence-electron chi connectivity index (χ2n) is 9.62. The number of nitrogens with two attached hydrogens (primary N) is 1. The molecule has 0 bridgehead atoms. The Balaban J connectivity index is 1.05. The van der Waals surface area contributed by atoms with Crippen LogP contribution in [0.5, 0.6) is 0 Å². The summed E-state index contributed by atoms with van der Waals surface area (Å²) in [5, 5.41) is 3.50. The maximum absolute atomic E-state index is 13.9. The highest BCUT2D eigenvalue weighted by atomic mass is 32.1. The number of rotatable bonds is 6. The summed E-state index contributed by atoms with van der Waals surface area (Å²) in [5.41, 5.74) is 8.11. The summed E-state index contributed by atoms with van der Waals surface area (Å²) in [6.45, 7) is 6.21. The molecule has 2 aliphatic heterocycles. The van der Waals surface area contributed by atoms with Gasteiger partial charge in [-0.2, -0.15) is 0 Å². The SMILES string of the molecule is NC(=O)c1cc(-n2ccc3cc(CN4CC(N5CCN(C(=O)c6nccs6)CC5)C4)ccc32)ccc1F. The van der Waals surface area contributed by atoms with Gasteiger partial charge >= 0.3 is 0 Å². The van der Waals surface area contributed by atoms with Crippen molar-refractivity contribution < 1.29 is 14.0 Å². The predicted molar refractivity (Wildman–Crippen MR) is 140 cm³/mol. The molecule has 2 saturated heterocycles. The van der Waals surface area contributed by atoms with Crippen molar-refractivity contribution in [3.8, 4) is 5.69 Å². The van der Waals surface area contributed by atoms with Crippen LogP contribution in [0.1, 0.15) is 25.7 Å². The van der Waals surface area contributed by atoms with E-state index in [1.165, 1.54) is 29.0 Å². The van der Waals surface area contributed by atoms with Gasteiger partial charge in [0.05, 0.1) is 11.1 Å². The topological polar surface area (TPSA) is 87.7 Å². The summed E-state index contributed by atoms with van der Waals surface area (Å²) >= 11 is 1.40. The van der Waals surface area contributed by atoms with E-state index in [2.05, 4.69) is 33.0 Å². The first-order chi connectivity index (χ1) is 18.0. The minimum absolute atomic E-state index is 0.0434. The molecule has 2 aliphatic rings. The summed E-state index contributed by atoms with van der Waals surface area (Å²) in [4.78, 5) is 35.1.